The van der Waals surface area contributed by atoms with Gasteiger partial charge in [0.1, 0.15) is 23.1 Å². The minimum atomic E-state index is -4.65. The smallest absolute Gasteiger partial charge is 0.439 e. The maximum Gasteiger partial charge on any atom is 0.439 e. The fourth-order valence-corrected chi connectivity index (χ4v) is 2.79. The molecule has 12 nitrogen and oxygen atoms in total. The van der Waals surface area contributed by atoms with E-state index in [9.17, 15) is 27.6 Å². The molecule has 0 aliphatic carbocycles. The Bertz CT molecular complexity index is 1250. The molecule has 0 aliphatic rings. The number of hydrogen-bond donors (Lipinski definition) is 3. The molecule has 208 valence electrons. The van der Waals surface area contributed by atoms with E-state index in [4.69, 9.17) is 14.9 Å². The zero-order valence-electron chi connectivity index (χ0n) is 21.8. The number of aliphatic imine (C=N–C) groups is 1. The number of amides is 2. The van der Waals surface area contributed by atoms with Crippen molar-refractivity contribution >= 4 is 29.4 Å². The summed E-state index contributed by atoms with van der Waals surface area (Å²) < 4.78 is 54.5. The predicted molar refractivity (Wildman–Crippen MR) is 130 cm³/mol. The number of carbonyl (C=O) groups is 2. The van der Waals surface area contributed by atoms with E-state index in [2.05, 4.69) is 25.0 Å². The third kappa shape index (κ3) is 8.74. The van der Waals surface area contributed by atoms with Crippen LogP contribution >= 0.6 is 0 Å². The van der Waals surface area contributed by atoms with Gasteiger partial charge in [-0.1, -0.05) is 5.16 Å². The van der Waals surface area contributed by atoms with Crippen LogP contribution in [0.4, 0.5) is 28.4 Å². The molecule has 0 bridgehead atoms. The second-order valence-corrected chi connectivity index (χ2v) is 9.95. The third-order valence-corrected chi connectivity index (χ3v) is 4.18. The van der Waals surface area contributed by atoms with Crippen molar-refractivity contribution in [2.75, 3.05) is 4.90 Å². The number of aromatic nitrogens is 2. The normalized spacial score (nSPS) is 13.5. The predicted octanol–water partition coefficient (Wildman–Crippen LogP) is 4.46. The van der Waals surface area contributed by atoms with Crippen LogP contribution in [-0.2, 0) is 15.7 Å². The highest BCUT2D eigenvalue weighted by Gasteiger charge is 2.34. The number of H-pyrrole nitrogens is 1. The van der Waals surface area contributed by atoms with Crippen molar-refractivity contribution in [2.45, 2.75) is 72.0 Å². The first kappa shape index (κ1) is 30.1. The molecule has 0 spiro atoms. The number of carbonyl (C=O) groups excluding carboxylic acids is 2. The van der Waals surface area contributed by atoms with Crippen LogP contribution in [0.3, 0.4) is 0 Å². The van der Waals surface area contributed by atoms with Crippen LogP contribution in [0.2, 0.25) is 0 Å². The molecule has 1 atom stereocenters. The first-order valence-electron chi connectivity index (χ1n) is 11.2. The van der Waals surface area contributed by atoms with Crippen LogP contribution in [0.25, 0.3) is 0 Å². The van der Waals surface area contributed by atoms with E-state index in [-0.39, 0.29) is 5.69 Å². The average Bonchev–Trinajstić information content (AvgIpc) is 3.16. The Morgan fingerprint density at radius 1 is 1.08 bits per heavy atom. The van der Waals surface area contributed by atoms with Gasteiger partial charge in [-0.25, -0.2) is 24.3 Å². The van der Waals surface area contributed by atoms with Crippen LogP contribution in [0, 0.1) is 5.41 Å². The number of rotatable bonds is 5. The van der Waals surface area contributed by atoms with Crippen molar-refractivity contribution in [1.29, 1.82) is 5.41 Å². The first-order chi connectivity index (χ1) is 17.3. The Kier molecular flexibility index (Phi) is 8.75. The van der Waals surface area contributed by atoms with E-state index in [0.717, 1.165) is 24.3 Å². The minimum absolute atomic E-state index is 0.161. The fourth-order valence-electron chi connectivity index (χ4n) is 2.79. The summed E-state index contributed by atoms with van der Waals surface area (Å²) in [5.41, 5.74) is -3.71. The lowest BCUT2D eigenvalue weighted by Crippen LogP contribution is -2.46. The van der Waals surface area contributed by atoms with Gasteiger partial charge in [0.15, 0.2) is 5.84 Å². The van der Waals surface area contributed by atoms with E-state index in [1.165, 1.54) is 6.92 Å². The van der Waals surface area contributed by atoms with E-state index in [0.29, 0.717) is 4.90 Å². The SMILES string of the molecule is CC(N=C(C(=N)c1noc(=O)[nH]1)N(C(=O)OC(C)(C)C)c1ccc(C(F)(F)F)cc1)NC(=O)OC(C)(C)C. The topological polar surface area (TPSA) is 163 Å². The van der Waals surface area contributed by atoms with Gasteiger partial charge in [-0.3, -0.25) is 20.2 Å². The van der Waals surface area contributed by atoms with Crippen molar-refractivity contribution in [3.63, 3.8) is 0 Å². The summed E-state index contributed by atoms with van der Waals surface area (Å²) in [6.45, 7) is 11.0. The molecule has 2 rings (SSSR count). The molecular weight excluding hydrogens is 513 g/mol. The van der Waals surface area contributed by atoms with Crippen LogP contribution in [0.5, 0.6) is 0 Å². The van der Waals surface area contributed by atoms with E-state index < -0.39 is 64.4 Å². The Balaban J connectivity index is 2.66. The molecule has 2 aromatic rings. The van der Waals surface area contributed by atoms with Gasteiger partial charge in [0.25, 0.3) is 0 Å². The second kappa shape index (κ2) is 11.1. The molecule has 38 heavy (non-hydrogen) atoms. The Hall–Kier alpha value is -4.17. The lowest BCUT2D eigenvalue weighted by molar-refractivity contribution is -0.137. The molecule has 0 aliphatic heterocycles. The third-order valence-electron chi connectivity index (χ3n) is 4.18. The molecule has 15 heteroatoms. The number of hydrogen-bond acceptors (Lipinski definition) is 9. The number of benzene rings is 1. The van der Waals surface area contributed by atoms with Gasteiger partial charge >= 0.3 is 24.1 Å². The average molecular weight is 543 g/mol. The van der Waals surface area contributed by atoms with Crippen LogP contribution < -0.4 is 16.0 Å². The summed E-state index contributed by atoms with van der Waals surface area (Å²) in [6, 6.07) is 3.42. The molecule has 1 aromatic heterocycles. The summed E-state index contributed by atoms with van der Waals surface area (Å²) in [5, 5.41) is 14.4. The largest absolute Gasteiger partial charge is 0.444 e. The highest BCUT2D eigenvalue weighted by molar-refractivity contribution is 6.53. The molecule has 1 aromatic carbocycles. The van der Waals surface area contributed by atoms with Gasteiger partial charge in [0, 0.05) is 0 Å². The van der Waals surface area contributed by atoms with Crippen molar-refractivity contribution < 1.29 is 36.8 Å². The van der Waals surface area contributed by atoms with Crippen LogP contribution in [0.1, 0.15) is 59.9 Å². The molecule has 2 amide bonds. The molecule has 3 N–H and O–H groups in total. The van der Waals surface area contributed by atoms with Gasteiger partial charge in [0.05, 0.1) is 11.3 Å². The van der Waals surface area contributed by atoms with Gasteiger partial charge in [-0.2, -0.15) is 13.2 Å². The summed E-state index contributed by atoms with van der Waals surface area (Å²) >= 11 is 0. The summed E-state index contributed by atoms with van der Waals surface area (Å²) in [4.78, 5) is 44.1. The van der Waals surface area contributed by atoms with Crippen molar-refractivity contribution in [1.82, 2.24) is 15.5 Å². The minimum Gasteiger partial charge on any atom is -0.444 e. The summed E-state index contributed by atoms with van der Waals surface area (Å²) in [6.07, 6.45) is -7.77. The van der Waals surface area contributed by atoms with Gasteiger partial charge in [-0.15, -0.1) is 0 Å². The molecule has 1 unspecified atom stereocenters. The fraction of sp³-hybridized carbons (Fsp3) is 0.478. The monoisotopic (exact) mass is 542 g/mol. The highest BCUT2D eigenvalue weighted by Crippen LogP contribution is 2.31. The number of alkyl halides is 3. The number of ether oxygens (including phenoxy) is 2. The van der Waals surface area contributed by atoms with Crippen molar-refractivity contribution in [2.24, 2.45) is 4.99 Å². The molecule has 0 saturated heterocycles. The number of halogens is 3. The molecule has 0 radical (unpaired) electrons. The second-order valence-electron chi connectivity index (χ2n) is 9.95. The standard InChI is InChI=1S/C23H29F3N6O6/c1-12(29-18(33)36-21(2,3)4)28-17(15(27)16-30-19(34)38-31-16)32(20(35)37-22(5,6)7)14-10-8-13(9-11-14)23(24,25)26/h8-12,27H,1-7H3,(H,29,33)(H,30,31,34). The van der Waals surface area contributed by atoms with Crippen molar-refractivity contribution in [3.8, 4) is 0 Å². The Labute approximate surface area is 215 Å². The molecule has 0 saturated carbocycles. The quantitative estimate of drug-likeness (QED) is 0.371. The highest BCUT2D eigenvalue weighted by atomic mass is 19.4. The van der Waals surface area contributed by atoms with Crippen molar-refractivity contribution in [3.05, 3.63) is 46.2 Å². The summed E-state index contributed by atoms with van der Waals surface area (Å²) in [7, 11) is 0. The molecule has 0 fully saturated rings. The zero-order chi connectivity index (χ0) is 29.1. The van der Waals surface area contributed by atoms with Gasteiger partial charge in [0.2, 0.25) is 5.82 Å². The van der Waals surface area contributed by atoms with Crippen LogP contribution in [-0.4, -0.2) is 51.2 Å². The van der Waals surface area contributed by atoms with Gasteiger partial charge in [-0.05, 0) is 72.7 Å². The lowest BCUT2D eigenvalue weighted by Gasteiger charge is -2.29. The molecular formula is C23H29F3N6O6. The maximum atomic E-state index is 13.3. The maximum absolute atomic E-state index is 13.3. The number of anilines is 1. The number of alkyl carbamates (subject to hydrolysis) is 1. The van der Waals surface area contributed by atoms with E-state index in [1.54, 1.807) is 41.5 Å². The van der Waals surface area contributed by atoms with E-state index in [1.807, 2.05) is 0 Å². The van der Waals surface area contributed by atoms with Gasteiger partial charge < -0.3 is 9.47 Å². The zero-order valence-corrected chi connectivity index (χ0v) is 21.8. The lowest BCUT2D eigenvalue weighted by atomic mass is 10.1. The Morgan fingerprint density at radius 2 is 1.63 bits per heavy atom. The number of nitrogens with one attached hydrogen (secondary N) is 3. The van der Waals surface area contributed by atoms with Crippen LogP contribution in [0.15, 0.2) is 38.6 Å². The summed E-state index contributed by atoms with van der Waals surface area (Å²) in [5.74, 6) is -1.99. The Morgan fingerprint density at radius 3 is 2.08 bits per heavy atom. The number of aromatic amines is 1. The molecule has 1 heterocycles. The number of amidine groups is 1. The number of nitrogens with zero attached hydrogens (tertiary/aromatic N) is 3. The van der Waals surface area contributed by atoms with E-state index >= 15 is 0 Å². The first-order valence-corrected chi connectivity index (χ1v) is 11.2.